The lowest BCUT2D eigenvalue weighted by molar-refractivity contribution is -0.142. The molecule has 3 fully saturated rings. The van der Waals surface area contributed by atoms with Crippen molar-refractivity contribution in [2.24, 2.45) is 36.1 Å². The number of carboxylic acid groups (broad SMARTS) is 1. The van der Waals surface area contributed by atoms with Gasteiger partial charge in [0.25, 0.3) is 0 Å². The van der Waals surface area contributed by atoms with Crippen molar-refractivity contribution in [3.05, 3.63) is 70.3 Å². The van der Waals surface area contributed by atoms with Crippen LogP contribution in [0.2, 0.25) is 5.02 Å². The third-order valence-electron chi connectivity index (χ3n) is 11.9. The number of halogens is 1. The molecule has 0 bridgehead atoms. The number of ether oxygens (including phenoxy) is 1. The van der Waals surface area contributed by atoms with Gasteiger partial charge < -0.3 is 14.9 Å². The summed E-state index contributed by atoms with van der Waals surface area (Å²) >= 11 is 7.84. The number of aromatic nitrogens is 2. The first-order valence-electron chi connectivity index (χ1n) is 17.5. The Labute approximate surface area is 313 Å². The molecule has 2 aromatic carbocycles. The third kappa shape index (κ3) is 5.14. The minimum Gasteiger partial charge on any atom is -0.508 e. The van der Waals surface area contributed by atoms with E-state index in [1.165, 1.54) is 33.7 Å². The number of aliphatic carboxylic acids is 1. The molecule has 274 valence electrons. The zero-order valence-corrected chi connectivity index (χ0v) is 31.0. The van der Waals surface area contributed by atoms with E-state index in [0.29, 0.717) is 27.8 Å². The molecular weight excluding hydrogens is 720 g/mol. The number of hydrogen-bond acceptors (Lipinski definition) is 9. The lowest BCUT2D eigenvalue weighted by Gasteiger charge is -2.49. The number of carbonyl (C=O) groups excluding carboxylic acids is 4. The first-order chi connectivity index (χ1) is 25.3. The Morgan fingerprint density at radius 3 is 2.58 bits per heavy atom. The second-order valence-electron chi connectivity index (χ2n) is 14.6. The molecule has 2 aliphatic heterocycles. The second kappa shape index (κ2) is 12.6. The van der Waals surface area contributed by atoms with Crippen LogP contribution in [0.3, 0.4) is 0 Å². The van der Waals surface area contributed by atoms with E-state index >= 15 is 4.79 Å². The molecule has 2 saturated heterocycles. The van der Waals surface area contributed by atoms with Crippen LogP contribution in [0.4, 0.5) is 5.82 Å². The molecule has 0 unspecified atom stereocenters. The molecule has 1 saturated carbocycles. The quantitative estimate of drug-likeness (QED) is 0.161. The average molecular weight is 757 g/mol. The van der Waals surface area contributed by atoms with Crippen molar-refractivity contribution in [2.75, 3.05) is 18.6 Å². The number of rotatable bonds is 8. The number of hydrogen-bond donors (Lipinski definition) is 2. The monoisotopic (exact) mass is 756 g/mol. The van der Waals surface area contributed by atoms with Crippen LogP contribution >= 0.6 is 22.9 Å². The number of carboxylic acids is 1. The van der Waals surface area contributed by atoms with E-state index in [1.807, 2.05) is 31.2 Å². The lowest BCUT2D eigenvalue weighted by Crippen LogP contribution is -2.49. The molecule has 4 heterocycles. The number of anilines is 1. The van der Waals surface area contributed by atoms with Crippen LogP contribution in [0.15, 0.2) is 54.1 Å². The Hall–Kier alpha value is -5.01. The fraction of sp³-hybridized carbons (Fsp3) is 0.385. The van der Waals surface area contributed by atoms with Gasteiger partial charge in [-0.25, -0.2) is 4.90 Å². The zero-order chi connectivity index (χ0) is 37.7. The van der Waals surface area contributed by atoms with Crippen LogP contribution in [-0.2, 0) is 31.0 Å². The molecule has 53 heavy (non-hydrogen) atoms. The highest BCUT2D eigenvalue weighted by molar-refractivity contribution is 7.22. The summed E-state index contributed by atoms with van der Waals surface area (Å²) in [6.07, 6.45) is 2.31. The molecule has 6 atom stereocenters. The van der Waals surface area contributed by atoms with E-state index in [2.05, 4.69) is 0 Å². The van der Waals surface area contributed by atoms with Gasteiger partial charge in [-0.1, -0.05) is 29.3 Å². The maximum Gasteiger partial charge on any atom is 0.303 e. The fourth-order valence-electron chi connectivity index (χ4n) is 9.41. The minimum atomic E-state index is -1.34. The number of likely N-dealkylation sites (tertiary alicyclic amines) is 1. The second-order valence-corrected chi connectivity index (χ2v) is 16.1. The minimum absolute atomic E-state index is 0.00426. The summed E-state index contributed by atoms with van der Waals surface area (Å²) < 4.78 is 8.32. The largest absolute Gasteiger partial charge is 0.508 e. The van der Waals surface area contributed by atoms with E-state index in [-0.39, 0.29) is 49.8 Å². The molecule has 12 nitrogen and oxygen atoms in total. The van der Waals surface area contributed by atoms with Crippen molar-refractivity contribution in [2.45, 2.75) is 45.4 Å². The predicted octanol–water partition coefficient (Wildman–Crippen LogP) is 6.07. The van der Waals surface area contributed by atoms with Crippen molar-refractivity contribution >= 4 is 68.4 Å². The van der Waals surface area contributed by atoms with E-state index in [4.69, 9.17) is 21.4 Å². The summed E-state index contributed by atoms with van der Waals surface area (Å²) in [5.74, 6) is -5.60. The SMILES string of the molecule is COc1cc(O)ccc1[C@H]1C2=CC[C@@H]3C(=O)N(CCCC(=O)O)C(=O)[C@@H]3[C@@H]2C[C@H]2C(=O)N(c3cc(-c4sc5ccc(Cl)cc5c4C)nn3C)C(=O)[C@@]12C. The Kier molecular flexibility index (Phi) is 8.30. The number of phenols is 1. The summed E-state index contributed by atoms with van der Waals surface area (Å²) in [6, 6.07) is 12.1. The summed E-state index contributed by atoms with van der Waals surface area (Å²) in [4.78, 5) is 72.1. The van der Waals surface area contributed by atoms with E-state index in [0.717, 1.165) is 26.1 Å². The standard InChI is InChI=1S/C39H37ClN4O8S/c1-18-24-14-19(40)7-12-29(24)53-34(18)27-17-30(42(3)41-27)44-36(49)26-16-25-21(10-11-23-32(25)37(50)43(35(23)48)13-5-6-31(46)47)33(39(26,2)38(44)51)22-9-8-20(45)15-28(22)52-4/h7-10,12,14-15,17,23,25-26,32-33,45H,5-6,11,13,16H2,1-4H3,(H,46,47)/t23-,25+,26-,32-,33+,39+/m0/s1. The summed E-state index contributed by atoms with van der Waals surface area (Å²) in [7, 11) is 3.16. The highest BCUT2D eigenvalue weighted by atomic mass is 35.5. The van der Waals surface area contributed by atoms with Gasteiger partial charge in [-0.2, -0.15) is 5.10 Å². The van der Waals surface area contributed by atoms with Crippen LogP contribution in [0, 0.1) is 36.0 Å². The number of allylic oxidation sites excluding steroid dienone is 2. The van der Waals surface area contributed by atoms with E-state index in [9.17, 15) is 29.4 Å². The van der Waals surface area contributed by atoms with Crippen molar-refractivity contribution in [3.8, 4) is 22.1 Å². The van der Waals surface area contributed by atoms with Crippen LogP contribution in [-0.4, -0.2) is 68.1 Å². The van der Waals surface area contributed by atoms with Gasteiger partial charge in [-0.15, -0.1) is 11.3 Å². The molecule has 2 N–H and O–H groups in total. The van der Waals surface area contributed by atoms with Gasteiger partial charge in [0.2, 0.25) is 23.6 Å². The average Bonchev–Trinajstić information content (AvgIpc) is 3.79. The maximum atomic E-state index is 15.1. The van der Waals surface area contributed by atoms with Gasteiger partial charge in [0.15, 0.2) is 0 Å². The molecule has 4 amide bonds. The Balaban J connectivity index is 1.23. The highest BCUT2D eigenvalue weighted by Gasteiger charge is 2.68. The molecule has 14 heteroatoms. The van der Waals surface area contributed by atoms with Gasteiger partial charge in [-0.3, -0.25) is 33.6 Å². The molecule has 2 aliphatic carbocycles. The third-order valence-corrected chi connectivity index (χ3v) is 13.4. The number of imide groups is 2. The number of carbonyl (C=O) groups is 5. The van der Waals surface area contributed by atoms with Gasteiger partial charge in [-0.05, 0) is 74.2 Å². The smallest absolute Gasteiger partial charge is 0.303 e. The lowest BCUT2D eigenvalue weighted by atomic mass is 9.51. The van der Waals surface area contributed by atoms with Crippen molar-refractivity contribution in [1.29, 1.82) is 0 Å². The van der Waals surface area contributed by atoms with Crippen LogP contribution < -0.4 is 9.64 Å². The number of thiophene rings is 1. The summed E-state index contributed by atoms with van der Waals surface area (Å²) in [6.45, 7) is 3.77. The summed E-state index contributed by atoms with van der Waals surface area (Å²) in [5, 5.41) is 26.0. The van der Waals surface area contributed by atoms with Gasteiger partial charge in [0, 0.05) is 53.3 Å². The Morgan fingerprint density at radius 1 is 1.08 bits per heavy atom. The molecule has 4 aromatic rings. The number of benzene rings is 2. The summed E-state index contributed by atoms with van der Waals surface area (Å²) in [5.41, 5.74) is 1.60. The number of aryl methyl sites for hydroxylation is 2. The van der Waals surface area contributed by atoms with Crippen molar-refractivity contribution in [1.82, 2.24) is 14.7 Å². The number of methoxy groups -OCH3 is 1. The molecule has 0 radical (unpaired) electrons. The molecule has 0 spiro atoms. The first kappa shape index (κ1) is 35.0. The van der Waals surface area contributed by atoms with E-state index in [1.54, 1.807) is 37.4 Å². The number of nitrogens with zero attached hydrogens (tertiary/aromatic N) is 4. The van der Waals surface area contributed by atoms with Gasteiger partial charge in [0.1, 0.15) is 23.0 Å². The Bertz CT molecular complexity index is 2310. The molecule has 4 aliphatic rings. The van der Waals surface area contributed by atoms with Crippen LogP contribution in [0.25, 0.3) is 20.7 Å². The van der Waals surface area contributed by atoms with Gasteiger partial charge >= 0.3 is 5.97 Å². The highest BCUT2D eigenvalue weighted by Crippen LogP contribution is 2.64. The fourth-order valence-corrected chi connectivity index (χ4v) is 10.7. The van der Waals surface area contributed by atoms with Crippen LogP contribution in [0.1, 0.15) is 49.7 Å². The normalized spacial score (nSPS) is 26.6. The molecular formula is C39H37ClN4O8S. The number of phenolic OH excluding ortho intramolecular Hbond substituents is 1. The number of amides is 4. The van der Waals surface area contributed by atoms with Gasteiger partial charge in [0.05, 0.1) is 35.2 Å². The predicted molar refractivity (Wildman–Crippen MR) is 197 cm³/mol. The number of fused-ring (bicyclic) bond motifs is 5. The topological polar surface area (TPSA) is 159 Å². The van der Waals surface area contributed by atoms with Crippen molar-refractivity contribution in [3.63, 3.8) is 0 Å². The zero-order valence-electron chi connectivity index (χ0n) is 29.5. The maximum absolute atomic E-state index is 15.1. The number of aromatic hydroxyl groups is 1. The van der Waals surface area contributed by atoms with Crippen LogP contribution in [0.5, 0.6) is 11.5 Å². The van der Waals surface area contributed by atoms with Crippen molar-refractivity contribution < 1.29 is 38.9 Å². The molecule has 8 rings (SSSR count). The molecule has 2 aromatic heterocycles. The Morgan fingerprint density at radius 2 is 1.85 bits per heavy atom. The first-order valence-corrected chi connectivity index (χ1v) is 18.7. The van der Waals surface area contributed by atoms with E-state index < -0.39 is 52.8 Å².